The van der Waals surface area contributed by atoms with Gasteiger partial charge in [-0.1, -0.05) is 85.6 Å². The molecule has 1 heterocycles. The Morgan fingerprint density at radius 3 is 2.35 bits per heavy atom. The Morgan fingerprint density at radius 2 is 1.76 bits per heavy atom. The van der Waals surface area contributed by atoms with E-state index in [1.807, 2.05) is 54.6 Å². The molecular formula is C27H35BrN4O4S. The summed E-state index contributed by atoms with van der Waals surface area (Å²) in [6, 6.07) is 16.3. The number of nitrogens with one attached hydrogen (secondary N) is 1. The summed E-state index contributed by atoms with van der Waals surface area (Å²) in [4.78, 5) is 17.6. The van der Waals surface area contributed by atoms with Crippen molar-refractivity contribution >= 4 is 32.2 Å². The minimum absolute atomic E-state index is 0.0679. The standard InChI is InChI=1S/C27H35BrN4O4S/c1-6-27(2,3)17-23-18-32(37(34,35)31(4)5)25(29-23)24(16-20-12-14-22(28)15-13-20)30-26(33)36-19-21-10-8-7-9-11-21/h7-15,18,24H,6,16-17,19H2,1-5H3,(H,30,33). The molecule has 8 nitrogen and oxygen atoms in total. The van der Waals surface area contributed by atoms with Crippen LogP contribution in [-0.2, 0) is 34.4 Å². The number of benzene rings is 2. The van der Waals surface area contributed by atoms with Gasteiger partial charge in [-0.3, -0.25) is 0 Å². The van der Waals surface area contributed by atoms with Crippen LogP contribution in [0.1, 0.15) is 55.9 Å². The van der Waals surface area contributed by atoms with Crippen LogP contribution < -0.4 is 5.32 Å². The van der Waals surface area contributed by atoms with Gasteiger partial charge in [0.25, 0.3) is 0 Å². The lowest BCUT2D eigenvalue weighted by Crippen LogP contribution is -2.36. The van der Waals surface area contributed by atoms with Crippen molar-refractivity contribution in [3.63, 3.8) is 0 Å². The molecule has 1 unspecified atom stereocenters. The Bertz CT molecular complexity index is 1290. The summed E-state index contributed by atoms with van der Waals surface area (Å²) in [6.45, 7) is 6.42. The van der Waals surface area contributed by atoms with Crippen LogP contribution in [0.5, 0.6) is 0 Å². The Kier molecular flexibility index (Phi) is 9.55. The maximum Gasteiger partial charge on any atom is 0.408 e. The van der Waals surface area contributed by atoms with Gasteiger partial charge in [0.15, 0.2) is 0 Å². The highest BCUT2D eigenvalue weighted by Crippen LogP contribution is 2.28. The highest BCUT2D eigenvalue weighted by Gasteiger charge is 2.30. The SMILES string of the molecule is CCC(C)(C)Cc1cn(S(=O)(=O)N(C)C)c(C(Cc2ccc(Br)cc2)NC(=O)OCc2ccccc2)n1. The summed E-state index contributed by atoms with van der Waals surface area (Å²) in [7, 11) is -0.952. The first-order chi connectivity index (χ1) is 17.4. The highest BCUT2D eigenvalue weighted by molar-refractivity contribution is 9.10. The summed E-state index contributed by atoms with van der Waals surface area (Å²) in [5.41, 5.74) is 2.33. The molecule has 200 valence electrons. The lowest BCUT2D eigenvalue weighted by atomic mass is 9.85. The summed E-state index contributed by atoms with van der Waals surface area (Å²) in [5, 5.41) is 2.87. The van der Waals surface area contributed by atoms with Crippen LogP contribution in [0.25, 0.3) is 0 Å². The van der Waals surface area contributed by atoms with Crippen molar-refractivity contribution in [3.8, 4) is 0 Å². The molecule has 0 saturated carbocycles. The third-order valence-corrected chi connectivity index (χ3v) is 8.49. The van der Waals surface area contributed by atoms with E-state index in [4.69, 9.17) is 9.72 Å². The predicted octanol–water partition coefficient (Wildman–Crippen LogP) is 5.49. The third kappa shape index (κ3) is 7.90. The quantitative estimate of drug-likeness (QED) is 0.319. The fraction of sp³-hybridized carbons (Fsp3) is 0.407. The Balaban J connectivity index is 1.99. The number of alkyl carbamates (subject to hydrolysis) is 1. The molecule has 0 bridgehead atoms. The van der Waals surface area contributed by atoms with Crippen molar-refractivity contribution in [2.24, 2.45) is 5.41 Å². The first kappa shape index (κ1) is 28.9. The van der Waals surface area contributed by atoms with E-state index in [1.165, 1.54) is 18.1 Å². The Labute approximate surface area is 228 Å². The molecule has 1 aromatic heterocycles. The van der Waals surface area contributed by atoms with Crippen molar-refractivity contribution in [1.29, 1.82) is 0 Å². The molecule has 3 rings (SSSR count). The van der Waals surface area contributed by atoms with E-state index in [0.717, 1.165) is 26.3 Å². The van der Waals surface area contributed by atoms with E-state index in [-0.39, 0.29) is 17.8 Å². The number of imidazole rings is 1. The number of hydrogen-bond acceptors (Lipinski definition) is 5. The molecule has 0 radical (unpaired) electrons. The number of hydrogen-bond donors (Lipinski definition) is 1. The molecule has 1 atom stereocenters. The normalized spacial score (nSPS) is 12.9. The molecule has 37 heavy (non-hydrogen) atoms. The van der Waals surface area contributed by atoms with Gasteiger partial charge in [0, 0.05) is 31.2 Å². The highest BCUT2D eigenvalue weighted by atomic mass is 79.9. The van der Waals surface area contributed by atoms with Gasteiger partial charge in [-0.25, -0.2) is 13.8 Å². The van der Waals surface area contributed by atoms with E-state index in [1.54, 1.807) is 6.20 Å². The van der Waals surface area contributed by atoms with E-state index < -0.39 is 22.3 Å². The number of nitrogens with zero attached hydrogens (tertiary/aromatic N) is 3. The fourth-order valence-electron chi connectivity index (χ4n) is 3.69. The first-order valence-electron chi connectivity index (χ1n) is 12.1. The molecule has 0 fully saturated rings. The smallest absolute Gasteiger partial charge is 0.408 e. The fourth-order valence-corrected chi connectivity index (χ4v) is 4.97. The van der Waals surface area contributed by atoms with Crippen LogP contribution in [0, 0.1) is 5.41 Å². The Hall–Kier alpha value is -2.69. The maximum absolute atomic E-state index is 13.3. The zero-order valence-corrected chi connectivity index (χ0v) is 24.3. The zero-order chi connectivity index (χ0) is 27.2. The van der Waals surface area contributed by atoms with Crippen molar-refractivity contribution in [1.82, 2.24) is 18.6 Å². The van der Waals surface area contributed by atoms with Gasteiger partial charge in [0.2, 0.25) is 0 Å². The van der Waals surface area contributed by atoms with Crippen molar-refractivity contribution in [2.75, 3.05) is 14.1 Å². The lowest BCUT2D eigenvalue weighted by molar-refractivity contribution is 0.135. The number of halogens is 1. The average molecular weight is 592 g/mol. The van der Waals surface area contributed by atoms with E-state index in [0.29, 0.717) is 18.5 Å². The molecule has 0 aliphatic carbocycles. The minimum atomic E-state index is -3.90. The topological polar surface area (TPSA) is 93.5 Å². The number of amides is 1. The summed E-state index contributed by atoms with van der Waals surface area (Å²) in [5.74, 6) is 0.232. The molecule has 0 aliphatic rings. The average Bonchev–Trinajstić information content (AvgIpc) is 3.28. The van der Waals surface area contributed by atoms with Crippen LogP contribution in [0.3, 0.4) is 0 Å². The number of carbonyl (C=O) groups excluding carboxylic acids is 1. The van der Waals surface area contributed by atoms with Gasteiger partial charge in [0.05, 0.1) is 11.7 Å². The second-order valence-corrected chi connectivity index (χ2v) is 12.9. The van der Waals surface area contributed by atoms with Crippen LogP contribution in [0.15, 0.2) is 65.3 Å². The number of aromatic nitrogens is 2. The van der Waals surface area contributed by atoms with Crippen molar-refractivity contribution < 1.29 is 17.9 Å². The van der Waals surface area contributed by atoms with Crippen LogP contribution in [-0.4, -0.2) is 41.9 Å². The van der Waals surface area contributed by atoms with Gasteiger partial charge < -0.3 is 10.1 Å². The summed E-state index contributed by atoms with van der Waals surface area (Å²) < 4.78 is 35.3. The lowest BCUT2D eigenvalue weighted by Gasteiger charge is -2.21. The molecular weight excluding hydrogens is 556 g/mol. The third-order valence-electron chi connectivity index (χ3n) is 6.25. The first-order valence-corrected chi connectivity index (χ1v) is 14.3. The van der Waals surface area contributed by atoms with E-state index in [2.05, 4.69) is 42.0 Å². The predicted molar refractivity (Wildman–Crippen MR) is 148 cm³/mol. The largest absolute Gasteiger partial charge is 0.445 e. The summed E-state index contributed by atoms with van der Waals surface area (Å²) in [6.07, 6.45) is 2.73. The molecule has 10 heteroatoms. The number of rotatable bonds is 11. The van der Waals surface area contributed by atoms with Crippen LogP contribution in [0.4, 0.5) is 4.79 Å². The van der Waals surface area contributed by atoms with Gasteiger partial charge >= 0.3 is 16.3 Å². The Morgan fingerprint density at radius 1 is 1.11 bits per heavy atom. The second-order valence-electron chi connectivity index (χ2n) is 9.96. The van der Waals surface area contributed by atoms with E-state index >= 15 is 0 Å². The molecule has 0 spiro atoms. The maximum atomic E-state index is 13.3. The summed E-state index contributed by atoms with van der Waals surface area (Å²) >= 11 is 3.44. The molecule has 0 saturated heterocycles. The zero-order valence-electron chi connectivity index (χ0n) is 21.9. The van der Waals surface area contributed by atoms with Crippen LogP contribution >= 0.6 is 15.9 Å². The van der Waals surface area contributed by atoms with Crippen molar-refractivity contribution in [3.05, 3.63) is 87.9 Å². The molecule has 0 aliphatic heterocycles. The molecule has 2 aromatic carbocycles. The second kappa shape index (κ2) is 12.2. The van der Waals surface area contributed by atoms with Gasteiger partial charge in [0.1, 0.15) is 12.4 Å². The molecule has 1 amide bonds. The van der Waals surface area contributed by atoms with Gasteiger partial charge in [-0.05, 0) is 35.1 Å². The molecule has 3 aromatic rings. The van der Waals surface area contributed by atoms with E-state index in [9.17, 15) is 13.2 Å². The monoisotopic (exact) mass is 590 g/mol. The number of ether oxygens (including phenoxy) is 1. The molecule has 1 N–H and O–H groups in total. The number of carbonyl (C=O) groups is 1. The van der Waals surface area contributed by atoms with Crippen molar-refractivity contribution in [2.45, 2.75) is 52.7 Å². The van der Waals surface area contributed by atoms with Gasteiger partial charge in [-0.2, -0.15) is 12.7 Å². The van der Waals surface area contributed by atoms with Crippen LogP contribution in [0.2, 0.25) is 0 Å². The van der Waals surface area contributed by atoms with Gasteiger partial charge in [-0.15, -0.1) is 0 Å². The minimum Gasteiger partial charge on any atom is -0.445 e.